The van der Waals surface area contributed by atoms with Gasteiger partial charge < -0.3 is 5.73 Å². The second-order valence-corrected chi connectivity index (χ2v) is 9.39. The normalized spacial score (nSPS) is 12.0. The van der Waals surface area contributed by atoms with E-state index >= 15 is 0 Å². The van der Waals surface area contributed by atoms with Gasteiger partial charge in [0.2, 0.25) is 0 Å². The molecule has 42 heavy (non-hydrogen) atoms. The zero-order chi connectivity index (χ0) is 30.2. The molecule has 0 saturated carbocycles. The molecule has 0 radical (unpaired) electrons. The van der Waals surface area contributed by atoms with Crippen LogP contribution >= 0.6 is 11.6 Å². The van der Waals surface area contributed by atoms with Crippen LogP contribution in [0.3, 0.4) is 0 Å². The molecule has 3 heterocycles. The summed E-state index contributed by atoms with van der Waals surface area (Å²) < 4.78 is 80.5. The summed E-state index contributed by atoms with van der Waals surface area (Å²) >= 11 is 6.19. The van der Waals surface area contributed by atoms with Gasteiger partial charge in [-0.05, 0) is 48.0 Å². The summed E-state index contributed by atoms with van der Waals surface area (Å²) in [6.07, 6.45) is -6.25. The molecule has 0 aliphatic heterocycles. The Hall–Kier alpha value is -4.85. The SMILES string of the molecule is Nc1cnnc(-c2cn(-c3ccc(Cc4cc(C(F)(F)F)cc(C(F)(F)F)c4)nc3)nn2)c1C(=O)c1ccccc1Cl. The van der Waals surface area contributed by atoms with Crippen LogP contribution in [0.5, 0.6) is 0 Å². The molecule has 2 aromatic carbocycles. The fraction of sp³-hybridized carbons (Fsp3) is 0.111. The van der Waals surface area contributed by atoms with Gasteiger partial charge in [0.05, 0.1) is 51.7 Å². The smallest absolute Gasteiger partial charge is 0.397 e. The lowest BCUT2D eigenvalue weighted by Crippen LogP contribution is -2.12. The highest BCUT2D eigenvalue weighted by Crippen LogP contribution is 2.37. The van der Waals surface area contributed by atoms with E-state index in [0.717, 1.165) is 0 Å². The molecule has 0 unspecified atom stereocenters. The molecule has 0 aliphatic rings. The van der Waals surface area contributed by atoms with Gasteiger partial charge in [-0.15, -0.1) is 10.2 Å². The van der Waals surface area contributed by atoms with Crippen LogP contribution in [0, 0.1) is 0 Å². The first-order valence-corrected chi connectivity index (χ1v) is 12.3. The van der Waals surface area contributed by atoms with Crippen LogP contribution in [0.2, 0.25) is 5.02 Å². The molecular weight excluding hydrogens is 588 g/mol. The van der Waals surface area contributed by atoms with Crippen LogP contribution in [0.4, 0.5) is 32.0 Å². The van der Waals surface area contributed by atoms with Crippen molar-refractivity contribution in [1.82, 2.24) is 30.2 Å². The largest absolute Gasteiger partial charge is 0.416 e. The third kappa shape index (κ3) is 5.93. The summed E-state index contributed by atoms with van der Waals surface area (Å²) in [7, 11) is 0. The van der Waals surface area contributed by atoms with Crippen LogP contribution in [0.1, 0.15) is 38.3 Å². The van der Waals surface area contributed by atoms with Gasteiger partial charge in [-0.3, -0.25) is 9.78 Å². The van der Waals surface area contributed by atoms with Crippen molar-refractivity contribution in [1.29, 1.82) is 0 Å². The predicted molar refractivity (Wildman–Crippen MR) is 139 cm³/mol. The summed E-state index contributed by atoms with van der Waals surface area (Å²) in [5, 5.41) is 16.1. The van der Waals surface area contributed by atoms with E-state index in [-0.39, 0.29) is 57.0 Å². The minimum absolute atomic E-state index is 0.0120. The number of hydrogen-bond donors (Lipinski definition) is 1. The van der Waals surface area contributed by atoms with Crippen molar-refractivity contribution in [3.8, 4) is 17.1 Å². The van der Waals surface area contributed by atoms with Crippen molar-refractivity contribution < 1.29 is 31.1 Å². The molecule has 0 atom stereocenters. The zero-order valence-corrected chi connectivity index (χ0v) is 21.7. The number of carbonyl (C=O) groups excluding carboxylic acids is 1. The second kappa shape index (κ2) is 10.9. The van der Waals surface area contributed by atoms with Crippen molar-refractivity contribution in [2.75, 3.05) is 5.73 Å². The molecule has 0 fully saturated rings. The average Bonchev–Trinajstić information content (AvgIpc) is 3.42. The molecule has 3 aromatic heterocycles. The van der Waals surface area contributed by atoms with Crippen LogP contribution in [0.25, 0.3) is 17.1 Å². The molecule has 0 amide bonds. The molecule has 5 aromatic rings. The lowest BCUT2D eigenvalue weighted by Gasteiger charge is -2.14. The number of aromatic nitrogens is 6. The van der Waals surface area contributed by atoms with E-state index < -0.39 is 29.3 Å². The van der Waals surface area contributed by atoms with E-state index in [4.69, 9.17) is 17.3 Å². The van der Waals surface area contributed by atoms with Crippen molar-refractivity contribution in [2.24, 2.45) is 0 Å². The number of alkyl halides is 6. The molecule has 214 valence electrons. The number of pyridine rings is 1. The number of anilines is 1. The van der Waals surface area contributed by atoms with Crippen molar-refractivity contribution in [2.45, 2.75) is 18.8 Å². The summed E-state index contributed by atoms with van der Waals surface area (Å²) in [6.45, 7) is 0. The van der Waals surface area contributed by atoms with Crippen molar-refractivity contribution in [3.63, 3.8) is 0 Å². The first-order chi connectivity index (χ1) is 19.8. The third-order valence-electron chi connectivity index (χ3n) is 6.07. The van der Waals surface area contributed by atoms with E-state index in [0.29, 0.717) is 17.8 Å². The Morgan fingerprint density at radius 3 is 2.21 bits per heavy atom. The molecule has 0 saturated heterocycles. The highest BCUT2D eigenvalue weighted by atomic mass is 35.5. The monoisotopic (exact) mass is 603 g/mol. The van der Waals surface area contributed by atoms with E-state index in [1.807, 2.05) is 0 Å². The van der Waals surface area contributed by atoms with E-state index in [2.05, 4.69) is 25.5 Å². The molecule has 8 nitrogen and oxygen atoms in total. The lowest BCUT2D eigenvalue weighted by molar-refractivity contribution is -0.143. The van der Waals surface area contributed by atoms with Gasteiger partial charge >= 0.3 is 12.4 Å². The molecule has 5 rings (SSSR count). The Morgan fingerprint density at radius 1 is 0.905 bits per heavy atom. The number of nitrogens with zero attached hydrogens (tertiary/aromatic N) is 6. The van der Waals surface area contributed by atoms with E-state index in [1.54, 1.807) is 18.2 Å². The molecule has 2 N–H and O–H groups in total. The highest BCUT2D eigenvalue weighted by molar-refractivity contribution is 6.35. The average molecular weight is 604 g/mol. The number of hydrogen-bond acceptors (Lipinski definition) is 7. The Kier molecular flexibility index (Phi) is 7.41. The van der Waals surface area contributed by atoms with Crippen LogP contribution in [0.15, 0.2) is 73.2 Å². The molecule has 0 aliphatic carbocycles. The van der Waals surface area contributed by atoms with Crippen LogP contribution in [-0.2, 0) is 18.8 Å². The maximum Gasteiger partial charge on any atom is 0.416 e. The van der Waals surface area contributed by atoms with Gasteiger partial charge in [0.1, 0.15) is 11.4 Å². The van der Waals surface area contributed by atoms with Gasteiger partial charge in [0.25, 0.3) is 0 Å². The van der Waals surface area contributed by atoms with Gasteiger partial charge in [0, 0.05) is 17.7 Å². The summed E-state index contributed by atoms with van der Waals surface area (Å²) in [5.74, 6) is -0.508. The topological polar surface area (TPSA) is 112 Å². The Bertz CT molecular complexity index is 1750. The van der Waals surface area contributed by atoms with Crippen molar-refractivity contribution >= 4 is 23.1 Å². The quantitative estimate of drug-likeness (QED) is 0.181. The van der Waals surface area contributed by atoms with Gasteiger partial charge in [-0.1, -0.05) is 28.9 Å². The predicted octanol–water partition coefficient (Wildman–Crippen LogP) is 6.21. The molecule has 0 spiro atoms. The number of nitrogen functional groups attached to an aromatic ring is 1. The lowest BCUT2D eigenvalue weighted by atomic mass is 10.00. The summed E-state index contributed by atoms with van der Waals surface area (Å²) in [4.78, 5) is 17.4. The fourth-order valence-corrected chi connectivity index (χ4v) is 4.31. The Balaban J connectivity index is 1.42. The van der Waals surface area contributed by atoms with Gasteiger partial charge in [-0.2, -0.15) is 31.4 Å². The number of halogens is 7. The first-order valence-electron chi connectivity index (χ1n) is 11.9. The van der Waals surface area contributed by atoms with E-state index in [9.17, 15) is 31.1 Å². The standard InChI is InChI=1S/C27H16ClF6N7O/c28-20-4-2-1-3-19(20)25(42)23-21(35)12-37-39-24(23)22-13-41(40-38-22)18-6-5-17(36-11-18)9-14-7-15(26(29,30)31)10-16(8-14)27(32,33)34/h1-8,10-13H,9H2,(H2,35,39). The summed E-state index contributed by atoms with van der Waals surface area (Å²) in [5.41, 5.74) is 4.01. The Labute approximate surface area is 237 Å². The van der Waals surface area contributed by atoms with Crippen LogP contribution < -0.4 is 5.73 Å². The number of benzene rings is 2. The molecule has 0 bridgehead atoms. The number of carbonyl (C=O) groups is 1. The van der Waals surface area contributed by atoms with Gasteiger partial charge in [0.15, 0.2) is 5.78 Å². The number of rotatable bonds is 6. The summed E-state index contributed by atoms with van der Waals surface area (Å²) in [6, 6.07) is 10.7. The minimum Gasteiger partial charge on any atom is -0.397 e. The Morgan fingerprint density at radius 2 is 1.60 bits per heavy atom. The third-order valence-corrected chi connectivity index (χ3v) is 6.40. The number of nitrogens with two attached hydrogens (primary N) is 1. The number of ketones is 1. The second-order valence-electron chi connectivity index (χ2n) is 8.98. The highest BCUT2D eigenvalue weighted by Gasteiger charge is 2.37. The zero-order valence-electron chi connectivity index (χ0n) is 20.9. The fourth-order valence-electron chi connectivity index (χ4n) is 4.08. The van der Waals surface area contributed by atoms with Crippen molar-refractivity contribution in [3.05, 3.63) is 112 Å². The molecule has 15 heteroatoms. The first kappa shape index (κ1) is 28.7. The molecular formula is C27H16ClF6N7O. The van der Waals surface area contributed by atoms with E-state index in [1.165, 1.54) is 41.5 Å². The maximum absolute atomic E-state index is 13.3. The van der Waals surface area contributed by atoms with Crippen LogP contribution in [-0.4, -0.2) is 36.0 Å². The van der Waals surface area contributed by atoms with Gasteiger partial charge in [-0.25, -0.2) is 4.68 Å². The maximum atomic E-state index is 13.3. The minimum atomic E-state index is -4.95.